The molecule has 0 unspecified atom stereocenters. The molecule has 2 aromatic carbocycles. The molecule has 2 heterocycles. The first kappa shape index (κ1) is 19.7. The van der Waals surface area contributed by atoms with E-state index in [9.17, 15) is 0 Å². The van der Waals surface area contributed by atoms with Crippen LogP contribution < -0.4 is 24.3 Å². The fourth-order valence-electron chi connectivity index (χ4n) is 2.80. The van der Waals surface area contributed by atoms with Gasteiger partial charge in [0, 0.05) is 17.8 Å². The third-order valence-electron chi connectivity index (χ3n) is 4.16. The van der Waals surface area contributed by atoms with Crippen LogP contribution in [0.5, 0.6) is 28.9 Å². The Morgan fingerprint density at radius 2 is 1.77 bits per heavy atom. The molecule has 0 aliphatic carbocycles. The van der Waals surface area contributed by atoms with Gasteiger partial charge in [-0.2, -0.15) is 4.98 Å². The van der Waals surface area contributed by atoms with E-state index in [4.69, 9.17) is 18.9 Å². The molecular weight excluding hydrogens is 456 g/mol. The summed E-state index contributed by atoms with van der Waals surface area (Å²) in [6.45, 7) is 0. The summed E-state index contributed by atoms with van der Waals surface area (Å²) in [4.78, 5) is 8.73. The highest BCUT2D eigenvalue weighted by molar-refractivity contribution is 9.10. The van der Waals surface area contributed by atoms with Crippen molar-refractivity contribution in [1.82, 2.24) is 25.4 Å². The van der Waals surface area contributed by atoms with Crippen molar-refractivity contribution in [3.05, 3.63) is 41.0 Å². The number of hydrogen-bond donors (Lipinski definition) is 2. The minimum Gasteiger partial charge on any atom is -0.493 e. The number of aromatic amines is 1. The van der Waals surface area contributed by atoms with Gasteiger partial charge in [-0.15, -0.1) is 5.10 Å². The first-order valence-corrected chi connectivity index (χ1v) is 9.49. The predicted octanol–water partition coefficient (Wildman–Crippen LogP) is 4.07. The molecule has 4 rings (SSSR count). The molecule has 2 aromatic heterocycles. The van der Waals surface area contributed by atoms with Crippen LogP contribution in [-0.4, -0.2) is 46.7 Å². The van der Waals surface area contributed by atoms with Gasteiger partial charge in [0.1, 0.15) is 0 Å². The molecule has 0 fully saturated rings. The van der Waals surface area contributed by atoms with Gasteiger partial charge in [0.15, 0.2) is 22.8 Å². The highest BCUT2D eigenvalue weighted by atomic mass is 79.9. The maximum Gasteiger partial charge on any atom is 0.238 e. The monoisotopic (exact) mass is 472 g/mol. The number of halogens is 1. The molecule has 0 aliphatic heterocycles. The number of methoxy groups -OCH3 is 3. The van der Waals surface area contributed by atoms with E-state index in [0.29, 0.717) is 50.5 Å². The average Bonchev–Trinajstić information content (AvgIpc) is 3.25. The maximum atomic E-state index is 5.96. The molecule has 0 aliphatic rings. The average molecular weight is 473 g/mol. The second-order valence-electron chi connectivity index (χ2n) is 5.95. The number of fused-ring (bicyclic) bond motifs is 1. The second kappa shape index (κ2) is 8.41. The van der Waals surface area contributed by atoms with Crippen LogP contribution in [0.1, 0.15) is 0 Å². The Kier molecular flexibility index (Phi) is 5.53. The number of rotatable bonds is 7. The first-order chi connectivity index (χ1) is 14.6. The molecular formula is C19H17BrN6O4. The summed E-state index contributed by atoms with van der Waals surface area (Å²) < 4.78 is 22.6. The van der Waals surface area contributed by atoms with Crippen LogP contribution in [0.4, 0.5) is 11.6 Å². The number of benzene rings is 2. The van der Waals surface area contributed by atoms with E-state index >= 15 is 0 Å². The van der Waals surface area contributed by atoms with Gasteiger partial charge in [0.05, 0.1) is 37.5 Å². The Morgan fingerprint density at radius 1 is 1.00 bits per heavy atom. The lowest BCUT2D eigenvalue weighted by Gasteiger charge is -2.15. The molecule has 10 nitrogen and oxygen atoms in total. The summed E-state index contributed by atoms with van der Waals surface area (Å²) in [6.07, 6.45) is 1.59. The summed E-state index contributed by atoms with van der Waals surface area (Å²) >= 11 is 3.41. The minimum atomic E-state index is 0.315. The van der Waals surface area contributed by atoms with Crippen LogP contribution in [0.15, 0.2) is 41.0 Å². The molecule has 0 spiro atoms. The van der Waals surface area contributed by atoms with Crippen LogP contribution in [0.3, 0.4) is 0 Å². The van der Waals surface area contributed by atoms with E-state index in [-0.39, 0.29) is 0 Å². The molecule has 154 valence electrons. The fourth-order valence-corrected chi connectivity index (χ4v) is 3.07. The molecule has 2 N–H and O–H groups in total. The highest BCUT2D eigenvalue weighted by Gasteiger charge is 2.15. The number of nitrogens with one attached hydrogen (secondary N) is 2. The summed E-state index contributed by atoms with van der Waals surface area (Å²) in [5.74, 6) is 2.65. The van der Waals surface area contributed by atoms with Gasteiger partial charge in [-0.3, -0.25) is 5.10 Å². The van der Waals surface area contributed by atoms with Gasteiger partial charge in [-0.1, -0.05) is 11.3 Å². The highest BCUT2D eigenvalue weighted by Crippen LogP contribution is 2.40. The Bertz CT molecular complexity index is 1170. The second-order valence-corrected chi connectivity index (χ2v) is 6.81. The van der Waals surface area contributed by atoms with Crippen molar-refractivity contribution in [2.75, 3.05) is 26.6 Å². The van der Waals surface area contributed by atoms with Gasteiger partial charge in [0.25, 0.3) is 0 Å². The van der Waals surface area contributed by atoms with E-state index < -0.39 is 0 Å². The van der Waals surface area contributed by atoms with Crippen molar-refractivity contribution < 1.29 is 18.9 Å². The zero-order valence-electron chi connectivity index (χ0n) is 16.3. The number of anilines is 2. The molecule has 0 amide bonds. The predicted molar refractivity (Wildman–Crippen MR) is 113 cm³/mol. The molecule has 0 atom stereocenters. The van der Waals surface area contributed by atoms with Crippen molar-refractivity contribution in [2.24, 2.45) is 0 Å². The fraction of sp³-hybridized carbons (Fsp3) is 0.158. The summed E-state index contributed by atoms with van der Waals surface area (Å²) in [7, 11) is 4.64. The quantitative estimate of drug-likeness (QED) is 0.410. The number of aromatic nitrogens is 5. The third kappa shape index (κ3) is 3.79. The molecule has 0 radical (unpaired) electrons. The zero-order chi connectivity index (χ0) is 21.1. The van der Waals surface area contributed by atoms with Crippen LogP contribution in [-0.2, 0) is 0 Å². The van der Waals surface area contributed by atoms with Crippen molar-refractivity contribution in [2.45, 2.75) is 0 Å². The van der Waals surface area contributed by atoms with Gasteiger partial charge in [-0.05, 0) is 28.1 Å². The first-order valence-electron chi connectivity index (χ1n) is 8.70. The van der Waals surface area contributed by atoms with Gasteiger partial charge in [0.2, 0.25) is 17.6 Å². The van der Waals surface area contributed by atoms with E-state index in [1.165, 1.54) is 0 Å². The summed E-state index contributed by atoms with van der Waals surface area (Å²) in [6, 6.07) is 8.98. The molecule has 0 bridgehead atoms. The lowest BCUT2D eigenvalue weighted by atomic mass is 10.2. The van der Waals surface area contributed by atoms with Crippen molar-refractivity contribution in [3.8, 4) is 28.9 Å². The third-order valence-corrected chi connectivity index (χ3v) is 4.70. The molecule has 0 saturated heterocycles. The van der Waals surface area contributed by atoms with Gasteiger partial charge < -0.3 is 24.3 Å². The van der Waals surface area contributed by atoms with E-state index in [2.05, 4.69) is 46.6 Å². The van der Waals surface area contributed by atoms with Crippen LogP contribution in [0.25, 0.3) is 11.0 Å². The topological polar surface area (TPSA) is 116 Å². The Balaban J connectivity index is 1.65. The normalized spacial score (nSPS) is 10.7. The molecule has 11 heteroatoms. The Morgan fingerprint density at radius 3 is 2.47 bits per heavy atom. The number of nitrogens with zero attached hydrogens (tertiary/aromatic N) is 4. The molecule has 30 heavy (non-hydrogen) atoms. The van der Waals surface area contributed by atoms with Crippen molar-refractivity contribution in [3.63, 3.8) is 0 Å². The Labute approximate surface area is 179 Å². The van der Waals surface area contributed by atoms with Gasteiger partial charge >= 0.3 is 0 Å². The lowest BCUT2D eigenvalue weighted by Crippen LogP contribution is -2.01. The zero-order valence-corrected chi connectivity index (χ0v) is 17.8. The van der Waals surface area contributed by atoms with Gasteiger partial charge in [-0.25, -0.2) is 4.98 Å². The van der Waals surface area contributed by atoms with Crippen LogP contribution >= 0.6 is 15.9 Å². The van der Waals surface area contributed by atoms with E-state index in [1.54, 1.807) is 45.7 Å². The number of H-pyrrole nitrogens is 1. The smallest absolute Gasteiger partial charge is 0.238 e. The number of hydrogen-bond acceptors (Lipinski definition) is 9. The summed E-state index contributed by atoms with van der Waals surface area (Å²) in [5.41, 5.74) is 2.01. The maximum absolute atomic E-state index is 5.96. The Hall–Kier alpha value is -3.60. The molecule has 4 aromatic rings. The minimum absolute atomic E-state index is 0.315. The van der Waals surface area contributed by atoms with Crippen LogP contribution in [0, 0.1) is 0 Å². The van der Waals surface area contributed by atoms with Crippen molar-refractivity contribution in [1.29, 1.82) is 0 Å². The van der Waals surface area contributed by atoms with Crippen LogP contribution in [0.2, 0.25) is 0 Å². The number of ether oxygens (including phenoxy) is 4. The standard InChI is InChI=1S/C19H17BrN6O4/c1-27-14-7-10(8-15(28-2)17(14)29-3)22-19-21-9-11(20)18(23-19)30-13-6-4-5-12-16(13)25-26-24-12/h4-9H,1-3H3,(H,21,22,23)(H,24,25,26). The largest absolute Gasteiger partial charge is 0.493 e. The van der Waals surface area contributed by atoms with E-state index in [1.807, 2.05) is 12.1 Å². The molecule has 0 saturated carbocycles. The lowest BCUT2D eigenvalue weighted by molar-refractivity contribution is 0.324. The SMILES string of the molecule is COc1cc(Nc2ncc(Br)c(Oc3cccc4[nH]nnc34)n2)cc(OC)c1OC. The van der Waals surface area contributed by atoms with Crippen molar-refractivity contribution >= 4 is 38.6 Å². The summed E-state index contributed by atoms with van der Waals surface area (Å²) in [5, 5.41) is 13.8. The van der Waals surface area contributed by atoms with E-state index in [0.717, 1.165) is 5.52 Å².